The highest BCUT2D eigenvalue weighted by atomic mass is 16.2. The summed E-state index contributed by atoms with van der Waals surface area (Å²) < 4.78 is 2.07. The van der Waals surface area contributed by atoms with Gasteiger partial charge in [0.1, 0.15) is 0 Å². The summed E-state index contributed by atoms with van der Waals surface area (Å²) >= 11 is 0. The standard InChI is InChI=1S/C15H29N3O/c1-5-18-14(4)15(13(3)17-18)12(2)16-10-8-6-7-9-11-19/h12,16,19H,5-11H2,1-4H3. The average molecular weight is 267 g/mol. The van der Waals surface area contributed by atoms with Crippen LogP contribution in [0.2, 0.25) is 0 Å². The highest BCUT2D eigenvalue weighted by Gasteiger charge is 2.16. The molecule has 0 saturated heterocycles. The smallest absolute Gasteiger partial charge is 0.0644 e. The van der Waals surface area contributed by atoms with Gasteiger partial charge in [-0.3, -0.25) is 4.68 Å². The molecule has 1 heterocycles. The normalized spacial score (nSPS) is 12.9. The Morgan fingerprint density at radius 1 is 1.21 bits per heavy atom. The van der Waals surface area contributed by atoms with Gasteiger partial charge in [-0.2, -0.15) is 5.10 Å². The van der Waals surface area contributed by atoms with Crippen molar-refractivity contribution in [3.8, 4) is 0 Å². The van der Waals surface area contributed by atoms with Gasteiger partial charge in [-0.25, -0.2) is 0 Å². The molecule has 0 aliphatic rings. The van der Waals surface area contributed by atoms with Crippen LogP contribution in [0.15, 0.2) is 0 Å². The van der Waals surface area contributed by atoms with Crippen LogP contribution in [0.4, 0.5) is 0 Å². The lowest BCUT2D eigenvalue weighted by Crippen LogP contribution is -2.21. The van der Waals surface area contributed by atoms with Crippen LogP contribution in [0, 0.1) is 13.8 Å². The van der Waals surface area contributed by atoms with E-state index in [9.17, 15) is 0 Å². The Morgan fingerprint density at radius 2 is 1.89 bits per heavy atom. The van der Waals surface area contributed by atoms with Crippen LogP contribution in [-0.4, -0.2) is 28.0 Å². The third-order valence-corrected chi connectivity index (χ3v) is 3.71. The largest absolute Gasteiger partial charge is 0.396 e. The minimum Gasteiger partial charge on any atom is -0.396 e. The number of aryl methyl sites for hydroxylation is 2. The van der Waals surface area contributed by atoms with Gasteiger partial charge in [-0.05, 0) is 47.1 Å². The topological polar surface area (TPSA) is 50.1 Å². The quantitative estimate of drug-likeness (QED) is 0.676. The lowest BCUT2D eigenvalue weighted by atomic mass is 10.1. The highest BCUT2D eigenvalue weighted by molar-refractivity contribution is 5.27. The molecule has 0 bridgehead atoms. The summed E-state index contributed by atoms with van der Waals surface area (Å²) in [5.41, 5.74) is 3.76. The van der Waals surface area contributed by atoms with E-state index in [4.69, 9.17) is 5.11 Å². The maximum Gasteiger partial charge on any atom is 0.0644 e. The van der Waals surface area contributed by atoms with Gasteiger partial charge in [0.25, 0.3) is 0 Å². The zero-order valence-electron chi connectivity index (χ0n) is 12.9. The number of rotatable bonds is 9. The third-order valence-electron chi connectivity index (χ3n) is 3.71. The van der Waals surface area contributed by atoms with Crippen LogP contribution in [-0.2, 0) is 6.54 Å². The maximum absolute atomic E-state index is 8.72. The number of aromatic nitrogens is 2. The Labute approximate surface area is 117 Å². The molecule has 1 rings (SSSR count). The monoisotopic (exact) mass is 267 g/mol. The molecule has 4 heteroatoms. The van der Waals surface area contributed by atoms with E-state index in [0.717, 1.165) is 31.6 Å². The minimum atomic E-state index is 0.318. The fourth-order valence-corrected chi connectivity index (χ4v) is 2.66. The van der Waals surface area contributed by atoms with E-state index in [-0.39, 0.29) is 0 Å². The first-order valence-corrected chi connectivity index (χ1v) is 7.50. The number of aliphatic hydroxyl groups excluding tert-OH is 1. The Bertz CT molecular complexity index is 374. The molecule has 0 spiro atoms. The Morgan fingerprint density at radius 3 is 2.47 bits per heavy atom. The van der Waals surface area contributed by atoms with E-state index >= 15 is 0 Å². The molecule has 1 unspecified atom stereocenters. The van der Waals surface area contributed by atoms with E-state index in [0.29, 0.717) is 12.6 Å². The molecule has 1 aromatic rings. The van der Waals surface area contributed by atoms with Crippen molar-refractivity contribution in [1.29, 1.82) is 0 Å². The predicted octanol–water partition coefficient (Wildman–Crippen LogP) is 2.72. The summed E-state index contributed by atoms with van der Waals surface area (Å²) in [4.78, 5) is 0. The van der Waals surface area contributed by atoms with Crippen molar-refractivity contribution in [2.24, 2.45) is 0 Å². The van der Waals surface area contributed by atoms with Crippen molar-refractivity contribution >= 4 is 0 Å². The molecule has 110 valence electrons. The minimum absolute atomic E-state index is 0.318. The molecule has 1 aromatic heterocycles. The van der Waals surface area contributed by atoms with Gasteiger partial charge in [-0.15, -0.1) is 0 Å². The Hall–Kier alpha value is -0.870. The second-order valence-electron chi connectivity index (χ2n) is 5.21. The number of aliphatic hydroxyl groups is 1. The van der Waals surface area contributed by atoms with Crippen molar-refractivity contribution in [2.75, 3.05) is 13.2 Å². The predicted molar refractivity (Wildman–Crippen MR) is 79.3 cm³/mol. The number of nitrogens with zero attached hydrogens (tertiary/aromatic N) is 2. The van der Waals surface area contributed by atoms with Crippen LogP contribution < -0.4 is 5.32 Å². The molecule has 4 nitrogen and oxygen atoms in total. The first-order valence-electron chi connectivity index (χ1n) is 7.50. The third kappa shape index (κ3) is 4.62. The molecule has 0 radical (unpaired) electrons. The zero-order valence-corrected chi connectivity index (χ0v) is 12.9. The molecule has 0 amide bonds. The van der Waals surface area contributed by atoms with E-state index in [2.05, 4.69) is 42.8 Å². The molecule has 0 aliphatic carbocycles. The Balaban J connectivity index is 2.41. The van der Waals surface area contributed by atoms with Gasteiger partial charge < -0.3 is 10.4 Å². The number of unbranched alkanes of at least 4 members (excludes halogenated alkanes) is 3. The molecule has 0 aromatic carbocycles. The fraction of sp³-hybridized carbons (Fsp3) is 0.800. The molecule has 19 heavy (non-hydrogen) atoms. The zero-order chi connectivity index (χ0) is 14.3. The van der Waals surface area contributed by atoms with Crippen LogP contribution in [0.5, 0.6) is 0 Å². The van der Waals surface area contributed by atoms with Gasteiger partial charge in [-0.1, -0.05) is 12.8 Å². The van der Waals surface area contributed by atoms with Crippen molar-refractivity contribution in [2.45, 2.75) is 66.0 Å². The second-order valence-corrected chi connectivity index (χ2v) is 5.21. The summed E-state index contributed by atoms with van der Waals surface area (Å²) in [6.07, 6.45) is 4.41. The number of hydrogen-bond donors (Lipinski definition) is 2. The van der Waals surface area contributed by atoms with Gasteiger partial charge in [0.2, 0.25) is 0 Å². The Kier molecular flexibility index (Phi) is 7.10. The van der Waals surface area contributed by atoms with E-state index < -0.39 is 0 Å². The van der Waals surface area contributed by atoms with Crippen molar-refractivity contribution in [3.63, 3.8) is 0 Å². The first-order chi connectivity index (χ1) is 9.11. The molecule has 0 fully saturated rings. The number of hydrogen-bond acceptors (Lipinski definition) is 3. The summed E-state index contributed by atoms with van der Waals surface area (Å²) in [5.74, 6) is 0. The number of nitrogens with one attached hydrogen (secondary N) is 1. The van der Waals surface area contributed by atoms with Crippen molar-refractivity contribution in [3.05, 3.63) is 17.0 Å². The van der Waals surface area contributed by atoms with Gasteiger partial charge in [0.05, 0.1) is 5.69 Å². The second kappa shape index (κ2) is 8.33. The van der Waals surface area contributed by atoms with E-state index in [1.807, 2.05) is 0 Å². The SMILES string of the molecule is CCn1nc(C)c(C(C)NCCCCCCO)c1C. The van der Waals surface area contributed by atoms with Gasteiger partial charge in [0.15, 0.2) is 0 Å². The van der Waals surface area contributed by atoms with Crippen LogP contribution >= 0.6 is 0 Å². The maximum atomic E-state index is 8.72. The summed E-state index contributed by atoms with van der Waals surface area (Å²) in [6, 6.07) is 0.359. The van der Waals surface area contributed by atoms with Crippen LogP contribution in [0.25, 0.3) is 0 Å². The fourth-order valence-electron chi connectivity index (χ4n) is 2.66. The molecular formula is C15H29N3O. The van der Waals surface area contributed by atoms with Gasteiger partial charge >= 0.3 is 0 Å². The van der Waals surface area contributed by atoms with E-state index in [1.54, 1.807) is 0 Å². The summed E-state index contributed by atoms with van der Waals surface area (Å²) in [5, 5.41) is 16.9. The molecule has 1 atom stereocenters. The summed E-state index contributed by atoms with van der Waals surface area (Å²) in [6.45, 7) is 10.9. The lowest BCUT2D eigenvalue weighted by Gasteiger charge is -2.15. The highest BCUT2D eigenvalue weighted by Crippen LogP contribution is 2.21. The lowest BCUT2D eigenvalue weighted by molar-refractivity contribution is 0.282. The van der Waals surface area contributed by atoms with Crippen molar-refractivity contribution in [1.82, 2.24) is 15.1 Å². The van der Waals surface area contributed by atoms with Crippen molar-refractivity contribution < 1.29 is 5.11 Å². The van der Waals surface area contributed by atoms with E-state index in [1.165, 1.54) is 24.1 Å². The molecular weight excluding hydrogens is 238 g/mol. The first kappa shape index (κ1) is 16.2. The van der Waals surface area contributed by atoms with Crippen LogP contribution in [0.3, 0.4) is 0 Å². The molecule has 2 N–H and O–H groups in total. The molecule has 0 aliphatic heterocycles. The average Bonchev–Trinajstić information content (AvgIpc) is 2.68. The molecule has 0 saturated carbocycles. The summed E-state index contributed by atoms with van der Waals surface area (Å²) in [7, 11) is 0. The van der Waals surface area contributed by atoms with Gasteiger partial charge in [0, 0.05) is 30.5 Å². The van der Waals surface area contributed by atoms with Crippen LogP contribution in [0.1, 0.15) is 62.5 Å².